The minimum Gasteiger partial charge on any atom is -0.497 e. The zero-order valence-electron chi connectivity index (χ0n) is 11.7. The van der Waals surface area contributed by atoms with Gasteiger partial charge in [0, 0.05) is 0 Å². The summed E-state index contributed by atoms with van der Waals surface area (Å²) in [6, 6.07) is 6.36. The van der Waals surface area contributed by atoms with Gasteiger partial charge in [-0.25, -0.2) is 0 Å². The lowest BCUT2D eigenvalue weighted by atomic mass is 10.2. The van der Waals surface area contributed by atoms with Crippen molar-refractivity contribution < 1.29 is 22.1 Å². The first kappa shape index (κ1) is 15.8. The number of hydrogen-bond acceptors (Lipinski definition) is 5. The number of ether oxygens (including phenoxy) is 2. The molecule has 0 heterocycles. The fourth-order valence-corrected chi connectivity index (χ4v) is 2.04. The fraction of sp³-hybridized carbons (Fsp3) is 0.538. The highest BCUT2D eigenvalue weighted by molar-refractivity contribution is 7.87. The molecular formula is C13H20O5S. The van der Waals surface area contributed by atoms with Crippen LogP contribution in [-0.4, -0.2) is 33.5 Å². The van der Waals surface area contributed by atoms with Crippen LogP contribution in [-0.2, 0) is 14.9 Å². The fourth-order valence-electron chi connectivity index (χ4n) is 1.27. The van der Waals surface area contributed by atoms with E-state index in [1.54, 1.807) is 24.3 Å². The van der Waals surface area contributed by atoms with Gasteiger partial charge in [-0.2, -0.15) is 8.42 Å². The van der Waals surface area contributed by atoms with Gasteiger partial charge in [-0.1, -0.05) is 0 Å². The highest BCUT2D eigenvalue weighted by Crippen LogP contribution is 2.18. The molecule has 1 rings (SSSR count). The topological polar surface area (TPSA) is 61.8 Å². The standard InChI is InChI=1S/C13H20O5S/c1-13(2,3)17-9-10-19(14,15)18-12-7-5-11(16-4)6-8-12/h5-8H,9-10H2,1-4H3. The van der Waals surface area contributed by atoms with Crippen LogP contribution in [0, 0.1) is 0 Å². The Morgan fingerprint density at radius 1 is 1.05 bits per heavy atom. The van der Waals surface area contributed by atoms with Crippen molar-refractivity contribution in [3.8, 4) is 11.5 Å². The molecule has 0 aliphatic carbocycles. The summed E-state index contributed by atoms with van der Waals surface area (Å²) >= 11 is 0. The molecule has 0 N–H and O–H groups in total. The second-order valence-corrected chi connectivity index (χ2v) is 6.67. The van der Waals surface area contributed by atoms with Crippen LogP contribution in [0.15, 0.2) is 24.3 Å². The van der Waals surface area contributed by atoms with Gasteiger partial charge in [0.15, 0.2) is 0 Å². The second kappa shape index (κ2) is 6.25. The molecule has 0 aliphatic heterocycles. The Kier molecular flexibility index (Phi) is 5.20. The smallest absolute Gasteiger partial charge is 0.311 e. The molecule has 108 valence electrons. The summed E-state index contributed by atoms with van der Waals surface area (Å²) in [5.74, 6) is 0.716. The Labute approximate surface area is 114 Å². The van der Waals surface area contributed by atoms with Crippen molar-refractivity contribution in [2.75, 3.05) is 19.5 Å². The van der Waals surface area contributed by atoms with Crippen LogP contribution < -0.4 is 8.92 Å². The summed E-state index contributed by atoms with van der Waals surface area (Å²) in [6.07, 6.45) is 0. The molecule has 0 atom stereocenters. The molecule has 1 aromatic rings. The van der Waals surface area contributed by atoms with E-state index < -0.39 is 10.1 Å². The van der Waals surface area contributed by atoms with Gasteiger partial charge in [0.25, 0.3) is 0 Å². The number of hydrogen-bond donors (Lipinski definition) is 0. The molecule has 0 fully saturated rings. The molecule has 1 aromatic carbocycles. The van der Waals surface area contributed by atoms with Gasteiger partial charge >= 0.3 is 10.1 Å². The highest BCUT2D eigenvalue weighted by atomic mass is 32.2. The lowest BCUT2D eigenvalue weighted by Gasteiger charge is -2.19. The van der Waals surface area contributed by atoms with Gasteiger partial charge < -0.3 is 13.7 Å². The Hall–Kier alpha value is -1.27. The molecule has 0 aromatic heterocycles. The monoisotopic (exact) mass is 288 g/mol. The van der Waals surface area contributed by atoms with Crippen LogP contribution in [0.1, 0.15) is 20.8 Å². The molecule has 0 aliphatic rings. The third-order valence-electron chi connectivity index (χ3n) is 2.15. The molecular weight excluding hydrogens is 268 g/mol. The Bertz CT molecular complexity index is 485. The number of benzene rings is 1. The summed E-state index contributed by atoms with van der Waals surface area (Å²) in [4.78, 5) is 0. The Morgan fingerprint density at radius 2 is 1.58 bits per heavy atom. The van der Waals surface area contributed by atoms with Gasteiger partial charge in [-0.3, -0.25) is 0 Å². The maximum absolute atomic E-state index is 11.7. The molecule has 19 heavy (non-hydrogen) atoms. The third kappa shape index (κ3) is 6.45. The predicted octanol–water partition coefficient (Wildman–Crippen LogP) is 2.22. The minimum absolute atomic E-state index is 0.0992. The van der Waals surface area contributed by atoms with Gasteiger partial charge in [-0.05, 0) is 45.0 Å². The van der Waals surface area contributed by atoms with Gasteiger partial charge in [0.1, 0.15) is 17.3 Å². The quantitative estimate of drug-likeness (QED) is 0.751. The van der Waals surface area contributed by atoms with E-state index in [0.717, 1.165) is 0 Å². The minimum atomic E-state index is -3.64. The van der Waals surface area contributed by atoms with Crippen molar-refractivity contribution in [2.24, 2.45) is 0 Å². The van der Waals surface area contributed by atoms with Crippen molar-refractivity contribution in [2.45, 2.75) is 26.4 Å². The van der Waals surface area contributed by atoms with Gasteiger partial charge in [-0.15, -0.1) is 0 Å². The van der Waals surface area contributed by atoms with E-state index in [1.807, 2.05) is 20.8 Å². The van der Waals surface area contributed by atoms with Crippen molar-refractivity contribution in [1.82, 2.24) is 0 Å². The van der Waals surface area contributed by atoms with E-state index in [9.17, 15) is 8.42 Å². The lowest BCUT2D eigenvalue weighted by molar-refractivity contribution is 0.00610. The molecule has 0 amide bonds. The highest BCUT2D eigenvalue weighted by Gasteiger charge is 2.16. The molecule has 0 saturated heterocycles. The normalized spacial score (nSPS) is 12.2. The molecule has 0 radical (unpaired) electrons. The Balaban J connectivity index is 2.54. The largest absolute Gasteiger partial charge is 0.497 e. The third-order valence-corrected chi connectivity index (χ3v) is 3.26. The molecule has 0 spiro atoms. The summed E-state index contributed by atoms with van der Waals surface area (Å²) in [5, 5.41) is 0. The second-order valence-electron chi connectivity index (χ2n) is 4.98. The maximum Gasteiger partial charge on any atom is 0.311 e. The van der Waals surface area contributed by atoms with Crippen LogP contribution in [0.2, 0.25) is 0 Å². The van der Waals surface area contributed by atoms with Crippen LogP contribution in [0.4, 0.5) is 0 Å². The van der Waals surface area contributed by atoms with E-state index >= 15 is 0 Å². The van der Waals surface area contributed by atoms with E-state index in [1.165, 1.54) is 7.11 Å². The van der Waals surface area contributed by atoms with Crippen molar-refractivity contribution in [1.29, 1.82) is 0 Å². The molecule has 6 heteroatoms. The molecule has 0 bridgehead atoms. The molecule has 0 saturated carbocycles. The molecule has 0 unspecified atom stereocenters. The van der Waals surface area contributed by atoms with Crippen LogP contribution in [0.5, 0.6) is 11.5 Å². The van der Waals surface area contributed by atoms with Crippen LogP contribution >= 0.6 is 0 Å². The van der Waals surface area contributed by atoms with Crippen molar-refractivity contribution in [3.63, 3.8) is 0 Å². The van der Waals surface area contributed by atoms with E-state index in [2.05, 4.69) is 0 Å². The van der Waals surface area contributed by atoms with Gasteiger partial charge in [0.2, 0.25) is 0 Å². The zero-order valence-corrected chi connectivity index (χ0v) is 12.5. The molecule has 5 nitrogen and oxygen atoms in total. The maximum atomic E-state index is 11.7. The predicted molar refractivity (Wildman–Crippen MR) is 73.1 cm³/mol. The zero-order chi connectivity index (χ0) is 14.5. The Morgan fingerprint density at radius 3 is 2.05 bits per heavy atom. The van der Waals surface area contributed by atoms with Gasteiger partial charge in [0.05, 0.1) is 19.3 Å². The summed E-state index contributed by atoms with van der Waals surface area (Å²) < 4.78 is 38.7. The first-order chi connectivity index (χ1) is 8.72. The first-order valence-corrected chi connectivity index (χ1v) is 7.50. The summed E-state index contributed by atoms with van der Waals surface area (Å²) in [7, 11) is -2.10. The van der Waals surface area contributed by atoms with Crippen LogP contribution in [0.25, 0.3) is 0 Å². The van der Waals surface area contributed by atoms with E-state index in [-0.39, 0.29) is 23.7 Å². The van der Waals surface area contributed by atoms with E-state index in [4.69, 9.17) is 13.7 Å². The first-order valence-electron chi connectivity index (χ1n) is 5.92. The average molecular weight is 288 g/mol. The van der Waals surface area contributed by atoms with Crippen LogP contribution in [0.3, 0.4) is 0 Å². The summed E-state index contributed by atoms with van der Waals surface area (Å²) in [5.41, 5.74) is -0.365. The van der Waals surface area contributed by atoms with E-state index in [0.29, 0.717) is 5.75 Å². The lowest BCUT2D eigenvalue weighted by Crippen LogP contribution is -2.25. The average Bonchev–Trinajstić information content (AvgIpc) is 2.27. The SMILES string of the molecule is COc1ccc(OS(=O)(=O)CCOC(C)(C)C)cc1. The number of methoxy groups -OCH3 is 1. The van der Waals surface area contributed by atoms with Crippen molar-refractivity contribution in [3.05, 3.63) is 24.3 Å². The summed E-state index contributed by atoms with van der Waals surface area (Å²) in [6.45, 7) is 5.69. The van der Waals surface area contributed by atoms with Crippen molar-refractivity contribution >= 4 is 10.1 Å². The number of rotatable bonds is 6.